The molecule has 1 saturated heterocycles. The lowest BCUT2D eigenvalue weighted by Crippen LogP contribution is -2.44. The largest absolute Gasteiger partial charge is 0.458 e. The average Bonchev–Trinajstić information content (AvgIpc) is 2.86. The zero-order chi connectivity index (χ0) is 19.4. The number of allylic oxidation sites excluding steroid dienone is 2. The Morgan fingerprint density at radius 1 is 1.42 bits per heavy atom. The molecule has 6 heteroatoms. The van der Waals surface area contributed by atoms with Crippen LogP contribution in [0.2, 0.25) is 0 Å². The molecule has 0 amide bonds. The number of hydrogen-bond acceptors (Lipinski definition) is 6. The van der Waals surface area contributed by atoms with Gasteiger partial charge in [0.25, 0.3) is 0 Å². The highest BCUT2D eigenvalue weighted by atomic mass is 16.6. The quantitative estimate of drug-likeness (QED) is 0.331. The van der Waals surface area contributed by atoms with Gasteiger partial charge in [0.1, 0.15) is 24.6 Å². The van der Waals surface area contributed by atoms with E-state index in [0.29, 0.717) is 18.3 Å². The molecule has 0 spiro atoms. The van der Waals surface area contributed by atoms with Gasteiger partial charge in [-0.3, -0.25) is 9.59 Å². The van der Waals surface area contributed by atoms with Gasteiger partial charge in [-0.05, 0) is 25.8 Å². The number of methoxy groups -OCH3 is 1. The van der Waals surface area contributed by atoms with E-state index >= 15 is 0 Å². The highest BCUT2D eigenvalue weighted by Gasteiger charge is 2.48. The van der Waals surface area contributed by atoms with Gasteiger partial charge in [-0.15, -0.1) is 0 Å². The van der Waals surface area contributed by atoms with Crippen LogP contribution in [0.3, 0.4) is 0 Å². The van der Waals surface area contributed by atoms with Crippen LogP contribution in [0.5, 0.6) is 0 Å². The Kier molecular flexibility index (Phi) is 6.53. The van der Waals surface area contributed by atoms with Crippen molar-refractivity contribution in [2.75, 3.05) is 7.11 Å². The molecule has 0 aromatic rings. The predicted molar refractivity (Wildman–Crippen MR) is 95.2 cm³/mol. The Labute approximate surface area is 153 Å². The lowest BCUT2D eigenvalue weighted by Gasteiger charge is -2.33. The minimum atomic E-state index is -0.891. The van der Waals surface area contributed by atoms with Crippen molar-refractivity contribution in [3.63, 3.8) is 0 Å². The summed E-state index contributed by atoms with van der Waals surface area (Å²) in [6, 6.07) is 0. The Morgan fingerprint density at radius 2 is 2.12 bits per heavy atom. The molecular weight excluding hydrogens is 336 g/mol. The minimum absolute atomic E-state index is 0.216. The molecule has 2 aliphatic rings. The first-order valence-electron chi connectivity index (χ1n) is 8.75. The van der Waals surface area contributed by atoms with Crippen LogP contribution in [0.25, 0.3) is 0 Å². The second-order valence-corrected chi connectivity index (χ2v) is 7.01. The Bertz CT molecular complexity index is 657. The fourth-order valence-corrected chi connectivity index (χ4v) is 3.24. The third-order valence-electron chi connectivity index (χ3n) is 4.72. The van der Waals surface area contributed by atoms with E-state index in [0.717, 1.165) is 12.0 Å². The highest BCUT2D eigenvalue weighted by Crippen LogP contribution is 2.37. The monoisotopic (exact) mass is 362 g/mol. The summed E-state index contributed by atoms with van der Waals surface area (Å²) in [6.07, 6.45) is 3.41. The molecule has 6 nitrogen and oxygen atoms in total. The number of carbonyl (C=O) groups excluding carboxylic acids is 3. The van der Waals surface area contributed by atoms with Crippen LogP contribution in [0.1, 0.15) is 33.6 Å². The van der Waals surface area contributed by atoms with Crippen LogP contribution in [-0.2, 0) is 28.6 Å². The third-order valence-corrected chi connectivity index (χ3v) is 4.72. The maximum Gasteiger partial charge on any atom is 0.334 e. The molecule has 0 unspecified atom stereocenters. The van der Waals surface area contributed by atoms with Gasteiger partial charge in [-0.2, -0.15) is 0 Å². The van der Waals surface area contributed by atoms with Gasteiger partial charge >= 0.3 is 11.9 Å². The topological polar surface area (TPSA) is 78.9 Å². The van der Waals surface area contributed by atoms with Crippen molar-refractivity contribution in [2.45, 2.75) is 51.9 Å². The molecule has 0 aromatic heterocycles. The second-order valence-electron chi connectivity index (χ2n) is 7.01. The zero-order valence-electron chi connectivity index (χ0n) is 15.7. The van der Waals surface area contributed by atoms with Crippen molar-refractivity contribution in [3.05, 3.63) is 35.5 Å². The van der Waals surface area contributed by atoms with Crippen molar-refractivity contribution < 1.29 is 28.6 Å². The van der Waals surface area contributed by atoms with Gasteiger partial charge in [0.15, 0.2) is 0 Å². The van der Waals surface area contributed by atoms with Crippen LogP contribution >= 0.6 is 0 Å². The molecule has 1 aliphatic carbocycles. The molecule has 0 saturated carbocycles. The summed E-state index contributed by atoms with van der Waals surface area (Å²) < 4.78 is 16.7. The van der Waals surface area contributed by atoms with Crippen LogP contribution in [0.4, 0.5) is 0 Å². The molecule has 0 radical (unpaired) electrons. The molecular formula is C20H26O6. The fourth-order valence-electron chi connectivity index (χ4n) is 3.24. The zero-order valence-corrected chi connectivity index (χ0v) is 15.7. The summed E-state index contributed by atoms with van der Waals surface area (Å²) in [5, 5.41) is 0. The Hall–Kier alpha value is -2.21. The standard InChI is InChI=1S/C20H26O6/c1-11(2)19(22)26-18-16-13(4)20(23)25-15(16)9-12(3)7-6-8-14(10-21)17(18)24-5/h8-11,15-18H,4,6-7H2,1-3,5H3/b12-9-,14-8-/t15-,16-,17+,18+/m1/s1. The van der Waals surface area contributed by atoms with Gasteiger partial charge in [0.05, 0.1) is 11.8 Å². The van der Waals surface area contributed by atoms with E-state index in [9.17, 15) is 14.4 Å². The van der Waals surface area contributed by atoms with Crippen LogP contribution in [0, 0.1) is 11.8 Å². The molecule has 142 valence electrons. The van der Waals surface area contributed by atoms with Crippen molar-refractivity contribution in [1.82, 2.24) is 0 Å². The number of fused-ring (bicyclic) bond motifs is 1. The number of carbonyl (C=O) groups is 3. The van der Waals surface area contributed by atoms with Crippen molar-refractivity contribution in [2.24, 2.45) is 11.8 Å². The fraction of sp³-hybridized carbons (Fsp3) is 0.550. The Balaban J connectivity index is 2.55. The van der Waals surface area contributed by atoms with E-state index in [1.54, 1.807) is 19.9 Å². The molecule has 1 aliphatic heterocycles. The molecule has 26 heavy (non-hydrogen) atoms. The first-order valence-corrected chi connectivity index (χ1v) is 8.75. The Morgan fingerprint density at radius 3 is 2.69 bits per heavy atom. The predicted octanol–water partition coefficient (Wildman–Crippen LogP) is 2.53. The average molecular weight is 362 g/mol. The lowest BCUT2D eigenvalue weighted by atomic mass is 9.83. The lowest BCUT2D eigenvalue weighted by molar-refractivity contribution is -0.163. The number of ether oxygens (including phenoxy) is 3. The van der Waals surface area contributed by atoms with Crippen LogP contribution in [0.15, 0.2) is 35.5 Å². The number of aldehydes is 1. The number of rotatable bonds is 4. The number of hydrogen-bond donors (Lipinski definition) is 0. The summed E-state index contributed by atoms with van der Waals surface area (Å²) in [4.78, 5) is 36.1. The summed E-state index contributed by atoms with van der Waals surface area (Å²) >= 11 is 0. The van der Waals surface area contributed by atoms with E-state index in [4.69, 9.17) is 14.2 Å². The van der Waals surface area contributed by atoms with E-state index < -0.39 is 36.2 Å². The first kappa shape index (κ1) is 20.1. The van der Waals surface area contributed by atoms with Gasteiger partial charge in [-0.1, -0.05) is 32.1 Å². The maximum atomic E-state index is 12.3. The molecule has 2 rings (SSSR count). The van der Waals surface area contributed by atoms with Crippen LogP contribution in [-0.4, -0.2) is 43.6 Å². The first-order chi connectivity index (χ1) is 12.3. The van der Waals surface area contributed by atoms with E-state index in [2.05, 4.69) is 6.58 Å². The smallest absolute Gasteiger partial charge is 0.334 e. The minimum Gasteiger partial charge on any atom is -0.458 e. The SMILES string of the molecule is C=C1C(=O)O[C@@H]2/C=C(/C)CC/C=C(/C=O)[C@H](OC)[C@@H](OC(=O)C(C)C)[C@H]12. The summed E-state index contributed by atoms with van der Waals surface area (Å²) in [5.74, 6) is -1.95. The summed E-state index contributed by atoms with van der Waals surface area (Å²) in [7, 11) is 1.44. The molecule has 0 aromatic carbocycles. The third kappa shape index (κ3) is 4.12. The molecule has 1 heterocycles. The maximum absolute atomic E-state index is 12.3. The van der Waals surface area contributed by atoms with Gasteiger partial charge in [0.2, 0.25) is 0 Å². The van der Waals surface area contributed by atoms with Crippen LogP contribution < -0.4 is 0 Å². The van der Waals surface area contributed by atoms with Gasteiger partial charge in [0, 0.05) is 18.3 Å². The molecule has 0 bridgehead atoms. The molecule has 4 atom stereocenters. The van der Waals surface area contributed by atoms with Gasteiger partial charge in [-0.25, -0.2) is 4.79 Å². The van der Waals surface area contributed by atoms with Crippen molar-refractivity contribution in [1.29, 1.82) is 0 Å². The molecule has 0 N–H and O–H groups in total. The molecule has 1 fully saturated rings. The van der Waals surface area contributed by atoms with Crippen molar-refractivity contribution in [3.8, 4) is 0 Å². The second kappa shape index (κ2) is 8.45. The van der Waals surface area contributed by atoms with Crippen molar-refractivity contribution >= 4 is 18.2 Å². The van der Waals surface area contributed by atoms with Gasteiger partial charge < -0.3 is 14.2 Å². The summed E-state index contributed by atoms with van der Waals surface area (Å²) in [6.45, 7) is 9.20. The normalized spacial score (nSPS) is 33.4. The highest BCUT2D eigenvalue weighted by molar-refractivity contribution is 5.91. The van der Waals surface area contributed by atoms with E-state index in [-0.39, 0.29) is 11.5 Å². The number of esters is 2. The summed E-state index contributed by atoms with van der Waals surface area (Å²) in [5.41, 5.74) is 1.62. The van der Waals surface area contributed by atoms with E-state index in [1.165, 1.54) is 7.11 Å². The van der Waals surface area contributed by atoms with E-state index in [1.807, 2.05) is 13.0 Å².